The van der Waals surface area contributed by atoms with Gasteiger partial charge >= 0.3 is 0 Å². The molecule has 0 aliphatic heterocycles. The van der Waals surface area contributed by atoms with Crippen LogP contribution in [0.2, 0.25) is 5.02 Å². The molecule has 1 aromatic carbocycles. The lowest BCUT2D eigenvalue weighted by molar-refractivity contribution is 0.461. The van der Waals surface area contributed by atoms with E-state index in [1.807, 2.05) is 31.2 Å². The number of hydrogen-bond acceptors (Lipinski definition) is 3. The monoisotopic (exact) mass is 354 g/mol. The molecule has 0 amide bonds. The number of rotatable bonds is 5. The second-order valence-electron chi connectivity index (χ2n) is 4.35. The Hall–Kier alpha value is -1.10. The maximum atomic E-state index is 6.13. The highest BCUT2D eigenvalue weighted by atomic mass is 79.9. The standard InChI is InChI=1S/C15H16BrClN2O/c1-3-18-9-11-4-7-15(19-10(11)2)20-14-6-5-12(16)8-13(14)17/h4-8,18H,3,9H2,1-2H3. The van der Waals surface area contributed by atoms with Gasteiger partial charge in [-0.25, -0.2) is 4.98 Å². The minimum Gasteiger partial charge on any atom is -0.437 e. The fourth-order valence-corrected chi connectivity index (χ4v) is 2.45. The van der Waals surface area contributed by atoms with Crippen LogP contribution in [0.4, 0.5) is 0 Å². The SMILES string of the molecule is CCNCc1ccc(Oc2ccc(Br)cc2Cl)nc1C. The summed E-state index contributed by atoms with van der Waals surface area (Å²) in [5.74, 6) is 1.15. The van der Waals surface area contributed by atoms with E-state index in [4.69, 9.17) is 16.3 Å². The van der Waals surface area contributed by atoms with E-state index in [9.17, 15) is 0 Å². The summed E-state index contributed by atoms with van der Waals surface area (Å²) in [7, 11) is 0. The van der Waals surface area contributed by atoms with Crippen LogP contribution in [-0.4, -0.2) is 11.5 Å². The molecule has 20 heavy (non-hydrogen) atoms. The van der Waals surface area contributed by atoms with Gasteiger partial charge in [-0.15, -0.1) is 0 Å². The predicted octanol–water partition coefficient (Wildman–Crippen LogP) is 4.71. The van der Waals surface area contributed by atoms with E-state index in [0.29, 0.717) is 16.7 Å². The highest BCUT2D eigenvalue weighted by molar-refractivity contribution is 9.10. The van der Waals surface area contributed by atoms with Gasteiger partial charge in [0, 0.05) is 22.8 Å². The average Bonchev–Trinajstić information content (AvgIpc) is 2.41. The Balaban J connectivity index is 2.15. The fourth-order valence-electron chi connectivity index (χ4n) is 1.74. The van der Waals surface area contributed by atoms with Crippen LogP contribution in [0.1, 0.15) is 18.2 Å². The minimum atomic E-state index is 0.548. The van der Waals surface area contributed by atoms with Crippen LogP contribution in [0.25, 0.3) is 0 Å². The van der Waals surface area contributed by atoms with Gasteiger partial charge in [0.2, 0.25) is 5.88 Å². The van der Waals surface area contributed by atoms with E-state index < -0.39 is 0 Å². The van der Waals surface area contributed by atoms with E-state index in [1.54, 1.807) is 6.07 Å². The summed E-state index contributed by atoms with van der Waals surface area (Å²) in [5.41, 5.74) is 2.12. The Morgan fingerprint density at radius 1 is 1.30 bits per heavy atom. The molecule has 0 radical (unpaired) electrons. The van der Waals surface area contributed by atoms with E-state index in [0.717, 1.165) is 23.3 Å². The normalized spacial score (nSPS) is 10.6. The summed E-state index contributed by atoms with van der Waals surface area (Å²) < 4.78 is 6.64. The van der Waals surface area contributed by atoms with Gasteiger partial charge in [-0.2, -0.15) is 0 Å². The fraction of sp³-hybridized carbons (Fsp3) is 0.267. The average molecular weight is 356 g/mol. The number of halogens is 2. The number of pyridine rings is 1. The zero-order valence-electron chi connectivity index (χ0n) is 11.4. The van der Waals surface area contributed by atoms with Crippen molar-refractivity contribution in [3.8, 4) is 11.6 Å². The van der Waals surface area contributed by atoms with Gasteiger partial charge in [0.1, 0.15) is 5.75 Å². The number of aromatic nitrogens is 1. The Morgan fingerprint density at radius 2 is 2.10 bits per heavy atom. The molecule has 5 heteroatoms. The lowest BCUT2D eigenvalue weighted by Crippen LogP contribution is -2.13. The molecule has 3 nitrogen and oxygen atoms in total. The largest absolute Gasteiger partial charge is 0.437 e. The van der Waals surface area contributed by atoms with Crippen LogP contribution in [0.15, 0.2) is 34.8 Å². The third kappa shape index (κ3) is 3.95. The van der Waals surface area contributed by atoms with Crippen LogP contribution < -0.4 is 10.1 Å². The number of hydrogen-bond donors (Lipinski definition) is 1. The van der Waals surface area contributed by atoms with Crippen molar-refractivity contribution in [1.82, 2.24) is 10.3 Å². The lowest BCUT2D eigenvalue weighted by atomic mass is 10.2. The van der Waals surface area contributed by atoms with Crippen LogP contribution in [0.3, 0.4) is 0 Å². The van der Waals surface area contributed by atoms with E-state index >= 15 is 0 Å². The molecule has 0 aliphatic carbocycles. The Morgan fingerprint density at radius 3 is 2.75 bits per heavy atom. The minimum absolute atomic E-state index is 0.548. The number of nitrogens with zero attached hydrogens (tertiary/aromatic N) is 1. The van der Waals surface area contributed by atoms with Crippen molar-refractivity contribution < 1.29 is 4.74 Å². The summed E-state index contributed by atoms with van der Waals surface area (Å²) in [6.07, 6.45) is 0. The summed E-state index contributed by atoms with van der Waals surface area (Å²) in [6.45, 7) is 5.80. The van der Waals surface area contributed by atoms with Gasteiger partial charge in [-0.05, 0) is 37.2 Å². The smallest absolute Gasteiger partial charge is 0.219 e. The topological polar surface area (TPSA) is 34.1 Å². The molecule has 0 spiro atoms. The summed E-state index contributed by atoms with van der Waals surface area (Å²) in [5, 5.41) is 3.83. The molecule has 2 aromatic rings. The van der Waals surface area contributed by atoms with Crippen LogP contribution in [-0.2, 0) is 6.54 Å². The van der Waals surface area contributed by atoms with Crippen molar-refractivity contribution in [3.63, 3.8) is 0 Å². The van der Waals surface area contributed by atoms with Crippen molar-refractivity contribution in [2.75, 3.05) is 6.54 Å². The first-order valence-corrected chi connectivity index (χ1v) is 7.57. The molecule has 0 unspecified atom stereocenters. The van der Waals surface area contributed by atoms with Gasteiger partial charge in [0.05, 0.1) is 5.02 Å². The molecule has 1 aromatic heterocycles. The lowest BCUT2D eigenvalue weighted by Gasteiger charge is -2.10. The van der Waals surface area contributed by atoms with E-state index in [-0.39, 0.29) is 0 Å². The number of aryl methyl sites for hydroxylation is 1. The summed E-state index contributed by atoms with van der Waals surface area (Å²) in [4.78, 5) is 4.45. The molecule has 0 saturated carbocycles. The second kappa shape index (κ2) is 7.07. The summed E-state index contributed by atoms with van der Waals surface area (Å²) in [6, 6.07) is 9.37. The third-order valence-electron chi connectivity index (χ3n) is 2.84. The van der Waals surface area contributed by atoms with Gasteiger partial charge in [-0.1, -0.05) is 40.5 Å². The van der Waals surface area contributed by atoms with Crippen LogP contribution in [0, 0.1) is 6.92 Å². The van der Waals surface area contributed by atoms with E-state index in [2.05, 4.69) is 33.2 Å². The first-order valence-electron chi connectivity index (χ1n) is 6.40. The summed E-state index contributed by atoms with van der Waals surface area (Å²) >= 11 is 9.49. The van der Waals surface area contributed by atoms with Gasteiger partial charge in [0.15, 0.2) is 0 Å². The Bertz CT molecular complexity index is 604. The molecule has 106 valence electrons. The van der Waals surface area contributed by atoms with Crippen molar-refractivity contribution in [1.29, 1.82) is 0 Å². The molecular weight excluding hydrogens is 340 g/mol. The van der Waals surface area contributed by atoms with Crippen LogP contribution in [0.5, 0.6) is 11.6 Å². The van der Waals surface area contributed by atoms with Gasteiger partial charge in [0.25, 0.3) is 0 Å². The highest BCUT2D eigenvalue weighted by Gasteiger charge is 2.07. The van der Waals surface area contributed by atoms with Crippen molar-refractivity contribution in [3.05, 3.63) is 51.1 Å². The zero-order valence-corrected chi connectivity index (χ0v) is 13.8. The molecule has 1 heterocycles. The molecule has 0 bridgehead atoms. The predicted molar refractivity (Wildman–Crippen MR) is 85.6 cm³/mol. The molecule has 1 N–H and O–H groups in total. The number of nitrogens with one attached hydrogen (secondary N) is 1. The molecular formula is C15H16BrClN2O. The van der Waals surface area contributed by atoms with Crippen molar-refractivity contribution >= 4 is 27.5 Å². The number of ether oxygens (including phenoxy) is 1. The van der Waals surface area contributed by atoms with Crippen molar-refractivity contribution in [2.24, 2.45) is 0 Å². The van der Waals surface area contributed by atoms with E-state index in [1.165, 1.54) is 5.56 Å². The molecule has 2 rings (SSSR count). The number of benzene rings is 1. The zero-order chi connectivity index (χ0) is 14.5. The molecule has 0 aliphatic rings. The Kier molecular flexibility index (Phi) is 5.40. The molecule has 0 fully saturated rings. The quantitative estimate of drug-likeness (QED) is 0.843. The Labute approximate surface area is 132 Å². The molecule has 0 saturated heterocycles. The molecule has 0 atom stereocenters. The van der Waals surface area contributed by atoms with Gasteiger partial charge < -0.3 is 10.1 Å². The third-order valence-corrected chi connectivity index (χ3v) is 3.63. The maximum absolute atomic E-state index is 6.13. The van der Waals surface area contributed by atoms with Crippen molar-refractivity contribution in [2.45, 2.75) is 20.4 Å². The second-order valence-corrected chi connectivity index (χ2v) is 5.67. The first kappa shape index (κ1) is 15.3. The van der Waals surface area contributed by atoms with Gasteiger partial charge in [-0.3, -0.25) is 0 Å². The maximum Gasteiger partial charge on any atom is 0.219 e. The first-order chi connectivity index (χ1) is 9.60. The highest BCUT2D eigenvalue weighted by Crippen LogP contribution is 2.31. The van der Waals surface area contributed by atoms with Crippen LogP contribution >= 0.6 is 27.5 Å².